The highest BCUT2D eigenvalue weighted by atomic mass is 32.2. The Morgan fingerprint density at radius 1 is 1.09 bits per heavy atom. The smallest absolute Gasteiger partial charge is 0.217 e. The summed E-state index contributed by atoms with van der Waals surface area (Å²) in [5.41, 5.74) is 2.63. The molecule has 0 N–H and O–H groups in total. The second-order valence-electron chi connectivity index (χ2n) is 7.03. The van der Waals surface area contributed by atoms with Gasteiger partial charge in [-0.05, 0) is 38.2 Å². The molecule has 1 aromatic rings. The molecule has 4 rings (SSSR count). The Morgan fingerprint density at radius 2 is 1.86 bits per heavy atom. The molecule has 0 spiro atoms. The molecule has 0 aromatic heterocycles. The van der Waals surface area contributed by atoms with Gasteiger partial charge in [-0.2, -0.15) is 4.31 Å². The largest absolute Gasteiger partial charge is 0.294 e. The van der Waals surface area contributed by atoms with E-state index in [2.05, 4.69) is 36.1 Å². The Bertz CT molecular complexity index is 669. The molecular formula is C17H24N2O2S. The monoisotopic (exact) mass is 320 g/mol. The molecule has 3 aliphatic rings. The molecule has 0 amide bonds. The van der Waals surface area contributed by atoms with Crippen LogP contribution in [0.1, 0.15) is 36.8 Å². The Balaban J connectivity index is 1.48. The van der Waals surface area contributed by atoms with Crippen molar-refractivity contribution >= 4 is 10.0 Å². The molecule has 3 fully saturated rings. The molecule has 1 aliphatic carbocycles. The van der Waals surface area contributed by atoms with E-state index >= 15 is 0 Å². The summed E-state index contributed by atoms with van der Waals surface area (Å²) in [6.45, 7) is 4.80. The van der Waals surface area contributed by atoms with Gasteiger partial charge in [0.05, 0.1) is 5.25 Å². The minimum atomic E-state index is -3.02. The summed E-state index contributed by atoms with van der Waals surface area (Å²) >= 11 is 0. The molecule has 2 heterocycles. The number of likely N-dealkylation sites (tertiary alicyclic amines) is 1. The fourth-order valence-corrected chi connectivity index (χ4v) is 6.25. The summed E-state index contributed by atoms with van der Waals surface area (Å²) in [6.07, 6.45) is 3.71. The van der Waals surface area contributed by atoms with Crippen molar-refractivity contribution in [2.45, 2.75) is 56.5 Å². The Labute approximate surface area is 133 Å². The van der Waals surface area contributed by atoms with Crippen LogP contribution < -0.4 is 0 Å². The number of benzene rings is 1. The van der Waals surface area contributed by atoms with Gasteiger partial charge in [-0.1, -0.05) is 29.8 Å². The number of rotatable bonds is 4. The van der Waals surface area contributed by atoms with Crippen LogP contribution in [0.3, 0.4) is 0 Å². The Hall–Kier alpha value is -0.910. The zero-order chi connectivity index (χ0) is 15.3. The first-order valence-electron chi connectivity index (χ1n) is 8.36. The fourth-order valence-electron chi connectivity index (χ4n) is 4.15. The van der Waals surface area contributed by atoms with Gasteiger partial charge in [-0.25, -0.2) is 8.42 Å². The van der Waals surface area contributed by atoms with E-state index in [9.17, 15) is 8.42 Å². The second kappa shape index (κ2) is 5.32. The first-order chi connectivity index (χ1) is 10.6. The summed E-state index contributed by atoms with van der Waals surface area (Å²) in [4.78, 5) is 2.49. The van der Waals surface area contributed by atoms with E-state index in [1.807, 2.05) is 4.31 Å². The number of sulfonamides is 1. The molecule has 0 bridgehead atoms. The van der Waals surface area contributed by atoms with Gasteiger partial charge in [0.2, 0.25) is 10.0 Å². The summed E-state index contributed by atoms with van der Waals surface area (Å²) in [7, 11) is -3.02. The van der Waals surface area contributed by atoms with Crippen molar-refractivity contribution in [3.05, 3.63) is 35.4 Å². The van der Waals surface area contributed by atoms with Gasteiger partial charge in [0.1, 0.15) is 0 Å². The third kappa shape index (κ3) is 2.49. The zero-order valence-electron chi connectivity index (χ0n) is 13.1. The van der Waals surface area contributed by atoms with Crippen molar-refractivity contribution in [1.82, 2.24) is 9.21 Å². The highest BCUT2D eigenvalue weighted by Crippen LogP contribution is 2.39. The van der Waals surface area contributed by atoms with E-state index in [-0.39, 0.29) is 11.3 Å². The van der Waals surface area contributed by atoms with Crippen molar-refractivity contribution in [2.75, 3.05) is 13.1 Å². The number of nitrogens with zero attached hydrogens (tertiary/aromatic N) is 2. The van der Waals surface area contributed by atoms with Gasteiger partial charge in [-0.15, -0.1) is 0 Å². The van der Waals surface area contributed by atoms with Gasteiger partial charge < -0.3 is 0 Å². The lowest BCUT2D eigenvalue weighted by Gasteiger charge is -2.25. The molecular weight excluding hydrogens is 296 g/mol. The first-order valence-corrected chi connectivity index (χ1v) is 9.86. The molecule has 2 atom stereocenters. The van der Waals surface area contributed by atoms with Gasteiger partial charge in [0.15, 0.2) is 0 Å². The quantitative estimate of drug-likeness (QED) is 0.853. The molecule has 1 aromatic carbocycles. The minimum absolute atomic E-state index is 0.0722. The van der Waals surface area contributed by atoms with E-state index in [1.165, 1.54) is 11.1 Å². The Kier molecular flexibility index (Phi) is 3.55. The SMILES string of the molecule is Cc1cccc(CN2CC[C@@H]3[C@H]2CCN3S(=O)(=O)C2CC2)c1. The summed E-state index contributed by atoms with van der Waals surface area (Å²) in [6, 6.07) is 9.27. The standard InChI is InChI=1S/C17H24N2O2S/c1-13-3-2-4-14(11-13)12-18-9-7-17-16(18)8-10-19(17)22(20,21)15-5-6-15/h2-4,11,15-17H,5-10,12H2,1H3/t16-,17-/m1/s1. The van der Waals surface area contributed by atoms with E-state index in [4.69, 9.17) is 0 Å². The fraction of sp³-hybridized carbons (Fsp3) is 0.647. The van der Waals surface area contributed by atoms with Crippen molar-refractivity contribution in [3.63, 3.8) is 0 Å². The van der Waals surface area contributed by atoms with Crippen molar-refractivity contribution in [3.8, 4) is 0 Å². The predicted octanol–water partition coefficient (Wildman–Crippen LogP) is 2.14. The summed E-state index contributed by atoms with van der Waals surface area (Å²) < 4.78 is 26.9. The van der Waals surface area contributed by atoms with Crippen LogP contribution >= 0.6 is 0 Å². The van der Waals surface area contributed by atoms with E-state index in [0.29, 0.717) is 6.04 Å². The molecule has 4 nitrogen and oxygen atoms in total. The van der Waals surface area contributed by atoms with Crippen molar-refractivity contribution < 1.29 is 8.42 Å². The average molecular weight is 320 g/mol. The number of aryl methyl sites for hydroxylation is 1. The van der Waals surface area contributed by atoms with Crippen LogP contribution in [-0.2, 0) is 16.6 Å². The predicted molar refractivity (Wildman–Crippen MR) is 87.0 cm³/mol. The normalized spacial score (nSPS) is 29.9. The molecule has 1 saturated carbocycles. The minimum Gasteiger partial charge on any atom is -0.294 e. The van der Waals surface area contributed by atoms with Crippen molar-refractivity contribution in [1.29, 1.82) is 0 Å². The van der Waals surface area contributed by atoms with Crippen LogP contribution in [0.4, 0.5) is 0 Å². The van der Waals surface area contributed by atoms with E-state index in [0.717, 1.165) is 45.3 Å². The maximum atomic E-state index is 12.6. The lowest BCUT2D eigenvalue weighted by atomic mass is 10.1. The lowest BCUT2D eigenvalue weighted by molar-refractivity contribution is 0.240. The maximum Gasteiger partial charge on any atom is 0.217 e. The third-order valence-electron chi connectivity index (χ3n) is 5.38. The number of fused-ring (bicyclic) bond motifs is 1. The molecule has 0 radical (unpaired) electrons. The maximum absolute atomic E-state index is 12.6. The van der Waals surface area contributed by atoms with Gasteiger partial charge in [0.25, 0.3) is 0 Å². The van der Waals surface area contributed by atoms with Crippen LogP contribution in [0, 0.1) is 6.92 Å². The van der Waals surface area contributed by atoms with Gasteiger partial charge >= 0.3 is 0 Å². The van der Waals surface area contributed by atoms with Crippen LogP contribution in [0.2, 0.25) is 0 Å². The van der Waals surface area contributed by atoms with Crippen LogP contribution in [0.15, 0.2) is 24.3 Å². The van der Waals surface area contributed by atoms with Crippen LogP contribution in [0.5, 0.6) is 0 Å². The zero-order valence-corrected chi connectivity index (χ0v) is 13.9. The van der Waals surface area contributed by atoms with E-state index in [1.54, 1.807) is 0 Å². The van der Waals surface area contributed by atoms with E-state index < -0.39 is 10.0 Å². The van der Waals surface area contributed by atoms with Gasteiger partial charge in [0, 0.05) is 31.7 Å². The molecule has 2 aliphatic heterocycles. The molecule has 2 saturated heterocycles. The number of hydrogen-bond donors (Lipinski definition) is 0. The van der Waals surface area contributed by atoms with Crippen molar-refractivity contribution in [2.24, 2.45) is 0 Å². The molecule has 120 valence electrons. The van der Waals surface area contributed by atoms with Gasteiger partial charge in [-0.3, -0.25) is 4.90 Å². The topological polar surface area (TPSA) is 40.6 Å². The number of hydrogen-bond acceptors (Lipinski definition) is 3. The summed E-state index contributed by atoms with van der Waals surface area (Å²) in [5.74, 6) is 0. The molecule has 5 heteroatoms. The Morgan fingerprint density at radius 3 is 2.59 bits per heavy atom. The first kappa shape index (κ1) is 14.7. The highest BCUT2D eigenvalue weighted by molar-refractivity contribution is 7.90. The third-order valence-corrected chi connectivity index (χ3v) is 7.80. The lowest BCUT2D eigenvalue weighted by Crippen LogP contribution is -2.41. The molecule has 22 heavy (non-hydrogen) atoms. The molecule has 0 unspecified atom stereocenters. The highest BCUT2D eigenvalue weighted by Gasteiger charge is 2.50. The van der Waals surface area contributed by atoms with Crippen LogP contribution in [-0.4, -0.2) is 48.0 Å². The van der Waals surface area contributed by atoms with Crippen LogP contribution in [0.25, 0.3) is 0 Å². The summed E-state index contributed by atoms with van der Waals surface area (Å²) in [5, 5.41) is -0.0722. The average Bonchev–Trinajstić information content (AvgIpc) is 3.14. The second-order valence-corrected chi connectivity index (χ2v) is 9.19.